The average Bonchev–Trinajstić information content (AvgIpc) is 3.23. The normalized spacial score (nSPS) is 11.1. The van der Waals surface area contributed by atoms with Crippen LogP contribution >= 0.6 is 0 Å². The molecule has 0 aliphatic rings. The van der Waals surface area contributed by atoms with Gasteiger partial charge in [0.25, 0.3) is 5.91 Å². The molecule has 0 atom stereocenters. The fraction of sp³-hybridized carbons (Fsp3) is 0.107. The number of nitriles is 1. The fourth-order valence-electron chi connectivity index (χ4n) is 3.81. The zero-order valence-electron chi connectivity index (χ0n) is 18.7. The first-order valence-corrected chi connectivity index (χ1v) is 10.8. The maximum Gasteiger partial charge on any atom is 0.337 e. The van der Waals surface area contributed by atoms with Crippen LogP contribution in [0, 0.1) is 11.3 Å². The van der Waals surface area contributed by atoms with Gasteiger partial charge in [0, 0.05) is 35.8 Å². The number of methoxy groups -OCH3 is 1. The molecule has 168 valence electrons. The molecular weight excluding hydrogens is 426 g/mol. The number of carbonyl (C=O) groups is 2. The van der Waals surface area contributed by atoms with Gasteiger partial charge >= 0.3 is 5.97 Å². The van der Waals surface area contributed by atoms with Crippen molar-refractivity contribution in [3.05, 3.63) is 113 Å². The molecule has 0 unspecified atom stereocenters. The number of esters is 1. The third kappa shape index (κ3) is 5.05. The van der Waals surface area contributed by atoms with E-state index in [0.29, 0.717) is 18.7 Å². The molecule has 0 fully saturated rings. The van der Waals surface area contributed by atoms with Crippen molar-refractivity contribution < 1.29 is 14.3 Å². The smallest absolute Gasteiger partial charge is 0.337 e. The van der Waals surface area contributed by atoms with Crippen molar-refractivity contribution >= 4 is 28.9 Å². The SMILES string of the molecule is COC(=O)c1cccc(Cn2cc(/C=C(/C#N)C(=O)NCc3ccccc3)c3ccccc32)c1. The highest BCUT2D eigenvalue weighted by Crippen LogP contribution is 2.25. The van der Waals surface area contributed by atoms with Crippen LogP contribution in [0.4, 0.5) is 0 Å². The lowest BCUT2D eigenvalue weighted by atomic mass is 10.1. The van der Waals surface area contributed by atoms with E-state index in [1.165, 1.54) is 7.11 Å². The third-order valence-electron chi connectivity index (χ3n) is 5.48. The van der Waals surface area contributed by atoms with E-state index in [0.717, 1.165) is 27.6 Å². The molecule has 1 amide bonds. The van der Waals surface area contributed by atoms with Crippen LogP contribution in [0.1, 0.15) is 27.0 Å². The molecule has 0 saturated carbocycles. The summed E-state index contributed by atoms with van der Waals surface area (Å²) < 4.78 is 6.86. The van der Waals surface area contributed by atoms with Crippen molar-refractivity contribution in [2.45, 2.75) is 13.1 Å². The monoisotopic (exact) mass is 449 g/mol. The molecule has 1 aromatic heterocycles. The number of aromatic nitrogens is 1. The molecule has 4 rings (SSSR count). The van der Waals surface area contributed by atoms with E-state index in [1.807, 2.05) is 83.6 Å². The Bertz CT molecular complexity index is 1410. The summed E-state index contributed by atoms with van der Waals surface area (Å²) in [5.74, 6) is -0.808. The van der Waals surface area contributed by atoms with Crippen molar-refractivity contribution in [3.8, 4) is 6.07 Å². The summed E-state index contributed by atoms with van der Waals surface area (Å²) in [4.78, 5) is 24.6. The minimum absolute atomic E-state index is 0.0338. The third-order valence-corrected chi connectivity index (χ3v) is 5.48. The van der Waals surface area contributed by atoms with Gasteiger partial charge in [0.1, 0.15) is 11.6 Å². The minimum atomic E-state index is -0.422. The van der Waals surface area contributed by atoms with Gasteiger partial charge in [0.2, 0.25) is 0 Å². The van der Waals surface area contributed by atoms with E-state index >= 15 is 0 Å². The van der Waals surface area contributed by atoms with Crippen molar-refractivity contribution in [2.75, 3.05) is 7.11 Å². The highest BCUT2D eigenvalue weighted by Gasteiger charge is 2.13. The van der Waals surface area contributed by atoms with Crippen LogP contribution in [0.5, 0.6) is 0 Å². The van der Waals surface area contributed by atoms with E-state index in [9.17, 15) is 14.9 Å². The quantitative estimate of drug-likeness (QED) is 0.252. The Hall–Kier alpha value is -4.63. The van der Waals surface area contributed by atoms with Crippen LogP contribution in [-0.2, 0) is 22.6 Å². The molecule has 0 saturated heterocycles. The van der Waals surface area contributed by atoms with E-state index in [4.69, 9.17) is 4.74 Å². The number of nitrogens with zero attached hydrogens (tertiary/aromatic N) is 2. The van der Waals surface area contributed by atoms with Crippen molar-refractivity contribution in [1.29, 1.82) is 5.26 Å². The number of hydrogen-bond donors (Lipinski definition) is 1. The zero-order valence-corrected chi connectivity index (χ0v) is 18.7. The average molecular weight is 450 g/mol. The van der Waals surface area contributed by atoms with Gasteiger partial charge in [-0.1, -0.05) is 60.7 Å². The molecular formula is C28H23N3O3. The molecule has 0 aliphatic carbocycles. The second kappa shape index (κ2) is 10.3. The molecule has 0 aliphatic heterocycles. The van der Waals surface area contributed by atoms with Gasteiger partial charge in [0.05, 0.1) is 12.7 Å². The van der Waals surface area contributed by atoms with Gasteiger partial charge < -0.3 is 14.6 Å². The molecule has 6 nitrogen and oxygen atoms in total. The summed E-state index contributed by atoms with van der Waals surface area (Å²) in [6, 6.07) is 26.6. The number of hydrogen-bond acceptors (Lipinski definition) is 4. The Kier molecular flexibility index (Phi) is 6.85. The summed E-state index contributed by atoms with van der Waals surface area (Å²) in [6.07, 6.45) is 3.53. The lowest BCUT2D eigenvalue weighted by molar-refractivity contribution is -0.117. The van der Waals surface area contributed by atoms with Crippen LogP contribution in [0.25, 0.3) is 17.0 Å². The molecule has 1 heterocycles. The summed E-state index contributed by atoms with van der Waals surface area (Å²) in [6.45, 7) is 0.859. The lowest BCUT2D eigenvalue weighted by Gasteiger charge is -2.07. The molecule has 0 bridgehead atoms. The first kappa shape index (κ1) is 22.6. The molecule has 3 aromatic carbocycles. The molecule has 0 spiro atoms. The second-order valence-electron chi connectivity index (χ2n) is 7.76. The van der Waals surface area contributed by atoms with Crippen LogP contribution < -0.4 is 5.32 Å². The first-order chi connectivity index (χ1) is 16.6. The Morgan fingerprint density at radius 3 is 2.50 bits per heavy atom. The van der Waals surface area contributed by atoms with Crippen molar-refractivity contribution in [3.63, 3.8) is 0 Å². The molecule has 6 heteroatoms. The Balaban J connectivity index is 1.62. The number of ether oxygens (including phenoxy) is 1. The molecule has 34 heavy (non-hydrogen) atoms. The second-order valence-corrected chi connectivity index (χ2v) is 7.76. The van der Waals surface area contributed by atoms with Crippen LogP contribution in [0.3, 0.4) is 0 Å². The van der Waals surface area contributed by atoms with Gasteiger partial charge in [-0.2, -0.15) is 5.26 Å². The Morgan fingerprint density at radius 1 is 1.00 bits per heavy atom. The van der Waals surface area contributed by atoms with Gasteiger partial charge in [-0.15, -0.1) is 0 Å². The number of nitrogens with one attached hydrogen (secondary N) is 1. The number of carbonyl (C=O) groups excluding carboxylic acids is 2. The predicted octanol–water partition coefficient (Wildman–Crippen LogP) is 4.70. The topological polar surface area (TPSA) is 84.1 Å². The standard InChI is InChI=1S/C28H23N3O3/c1-34-28(33)22-11-7-10-21(14-22)18-31-19-24(25-12-5-6-13-26(25)31)15-23(16-29)27(32)30-17-20-8-3-2-4-9-20/h2-15,19H,17-18H2,1H3,(H,30,32)/b23-15-. The largest absolute Gasteiger partial charge is 0.465 e. The highest BCUT2D eigenvalue weighted by atomic mass is 16.5. The van der Waals surface area contributed by atoms with Gasteiger partial charge in [-0.25, -0.2) is 4.79 Å². The molecule has 4 aromatic rings. The van der Waals surface area contributed by atoms with E-state index < -0.39 is 5.91 Å². The van der Waals surface area contributed by atoms with E-state index in [-0.39, 0.29) is 11.5 Å². The predicted molar refractivity (Wildman–Crippen MR) is 131 cm³/mol. The fourth-order valence-corrected chi connectivity index (χ4v) is 3.81. The van der Waals surface area contributed by atoms with E-state index in [2.05, 4.69) is 5.32 Å². The lowest BCUT2D eigenvalue weighted by Crippen LogP contribution is -2.23. The summed E-state index contributed by atoms with van der Waals surface area (Å²) in [5, 5.41) is 13.4. The van der Waals surface area contributed by atoms with E-state index in [1.54, 1.807) is 18.2 Å². The zero-order chi connectivity index (χ0) is 23.9. The van der Waals surface area contributed by atoms with Crippen LogP contribution in [-0.4, -0.2) is 23.6 Å². The molecule has 0 radical (unpaired) electrons. The van der Waals surface area contributed by atoms with Gasteiger partial charge in [0.15, 0.2) is 0 Å². The number of fused-ring (bicyclic) bond motifs is 1. The summed E-state index contributed by atoms with van der Waals surface area (Å²) in [7, 11) is 1.36. The van der Waals surface area contributed by atoms with Crippen LogP contribution in [0.15, 0.2) is 90.6 Å². The number of amides is 1. The highest BCUT2D eigenvalue weighted by molar-refractivity contribution is 6.04. The number of rotatable bonds is 7. The molecule has 1 N–H and O–H groups in total. The van der Waals surface area contributed by atoms with Crippen molar-refractivity contribution in [2.24, 2.45) is 0 Å². The van der Waals surface area contributed by atoms with Crippen molar-refractivity contribution in [1.82, 2.24) is 9.88 Å². The summed E-state index contributed by atoms with van der Waals surface area (Å²) >= 11 is 0. The maximum absolute atomic E-state index is 12.7. The summed E-state index contributed by atoms with van der Waals surface area (Å²) in [5.41, 5.74) is 4.13. The van der Waals surface area contributed by atoms with Gasteiger partial charge in [-0.3, -0.25) is 4.79 Å². The Morgan fingerprint density at radius 2 is 1.74 bits per heavy atom. The van der Waals surface area contributed by atoms with Gasteiger partial charge in [-0.05, 0) is 35.4 Å². The first-order valence-electron chi connectivity index (χ1n) is 10.8. The Labute approximate surface area is 197 Å². The van der Waals surface area contributed by atoms with Crippen LogP contribution in [0.2, 0.25) is 0 Å². The maximum atomic E-state index is 12.7. The number of para-hydroxylation sites is 1. The minimum Gasteiger partial charge on any atom is -0.465 e. The number of benzene rings is 3.